The van der Waals surface area contributed by atoms with Gasteiger partial charge in [-0.1, -0.05) is 12.1 Å². The molecule has 0 fully saturated rings. The van der Waals surface area contributed by atoms with Gasteiger partial charge in [0, 0.05) is 11.8 Å². The SMILES string of the molecule is CCOC(=O)NCc1cc(C(=O)Nc2ccccc2OC)ccn1. The Hall–Kier alpha value is -3.09. The van der Waals surface area contributed by atoms with Gasteiger partial charge in [0.1, 0.15) is 5.75 Å². The Morgan fingerprint density at radius 3 is 2.75 bits per heavy atom. The monoisotopic (exact) mass is 329 g/mol. The number of ether oxygens (including phenoxy) is 2. The quantitative estimate of drug-likeness (QED) is 0.850. The van der Waals surface area contributed by atoms with E-state index in [1.165, 1.54) is 13.3 Å². The highest BCUT2D eigenvalue weighted by Gasteiger charge is 2.11. The van der Waals surface area contributed by atoms with Crippen molar-refractivity contribution in [1.29, 1.82) is 0 Å². The van der Waals surface area contributed by atoms with Crippen molar-refractivity contribution in [2.75, 3.05) is 19.0 Å². The normalized spacial score (nSPS) is 9.92. The molecule has 0 aliphatic rings. The summed E-state index contributed by atoms with van der Waals surface area (Å²) < 4.78 is 9.98. The van der Waals surface area contributed by atoms with Crippen LogP contribution < -0.4 is 15.4 Å². The summed E-state index contributed by atoms with van der Waals surface area (Å²) in [4.78, 5) is 27.8. The highest BCUT2D eigenvalue weighted by atomic mass is 16.5. The van der Waals surface area contributed by atoms with Crippen LogP contribution in [0, 0.1) is 0 Å². The van der Waals surface area contributed by atoms with E-state index in [-0.39, 0.29) is 12.5 Å². The molecule has 7 heteroatoms. The number of hydrogen-bond acceptors (Lipinski definition) is 5. The number of nitrogens with one attached hydrogen (secondary N) is 2. The number of nitrogens with zero attached hydrogens (tertiary/aromatic N) is 1. The third kappa shape index (κ3) is 4.70. The molecule has 2 aromatic rings. The predicted molar refractivity (Wildman–Crippen MR) is 89.0 cm³/mol. The highest BCUT2D eigenvalue weighted by Crippen LogP contribution is 2.23. The Morgan fingerprint density at radius 2 is 2.00 bits per heavy atom. The van der Waals surface area contributed by atoms with Crippen molar-refractivity contribution in [3.05, 3.63) is 53.9 Å². The van der Waals surface area contributed by atoms with Crippen LogP contribution in [0.25, 0.3) is 0 Å². The largest absolute Gasteiger partial charge is 0.495 e. The summed E-state index contributed by atoms with van der Waals surface area (Å²) >= 11 is 0. The van der Waals surface area contributed by atoms with Crippen molar-refractivity contribution < 1.29 is 19.1 Å². The van der Waals surface area contributed by atoms with Crippen LogP contribution >= 0.6 is 0 Å². The Kier molecular flexibility index (Phi) is 6.13. The van der Waals surface area contributed by atoms with Crippen molar-refractivity contribution in [1.82, 2.24) is 10.3 Å². The lowest BCUT2D eigenvalue weighted by Gasteiger charge is -2.10. The predicted octanol–water partition coefficient (Wildman–Crippen LogP) is 2.59. The number of carbonyl (C=O) groups excluding carboxylic acids is 2. The third-order valence-electron chi connectivity index (χ3n) is 3.12. The highest BCUT2D eigenvalue weighted by molar-refractivity contribution is 6.05. The summed E-state index contributed by atoms with van der Waals surface area (Å²) in [6.45, 7) is 2.19. The second-order valence-electron chi connectivity index (χ2n) is 4.76. The fourth-order valence-electron chi connectivity index (χ4n) is 2.00. The van der Waals surface area contributed by atoms with E-state index in [4.69, 9.17) is 9.47 Å². The van der Waals surface area contributed by atoms with E-state index in [2.05, 4.69) is 15.6 Å². The van der Waals surface area contributed by atoms with Crippen molar-refractivity contribution in [3.8, 4) is 5.75 Å². The van der Waals surface area contributed by atoms with E-state index in [1.54, 1.807) is 37.3 Å². The molecule has 1 aromatic heterocycles. The second-order valence-corrected chi connectivity index (χ2v) is 4.76. The Labute approximate surface area is 140 Å². The number of carbonyl (C=O) groups is 2. The molecule has 7 nitrogen and oxygen atoms in total. The summed E-state index contributed by atoms with van der Waals surface area (Å²) in [5, 5.41) is 5.34. The first kappa shape index (κ1) is 17.3. The summed E-state index contributed by atoms with van der Waals surface area (Å²) in [5.41, 5.74) is 1.56. The number of rotatable bonds is 6. The van der Waals surface area contributed by atoms with Gasteiger partial charge in [0.2, 0.25) is 0 Å². The summed E-state index contributed by atoms with van der Waals surface area (Å²) in [6, 6.07) is 10.3. The molecule has 1 aromatic carbocycles. The molecule has 2 N–H and O–H groups in total. The summed E-state index contributed by atoms with van der Waals surface area (Å²) in [7, 11) is 1.54. The fraction of sp³-hybridized carbons (Fsp3) is 0.235. The van der Waals surface area contributed by atoms with Crippen LogP contribution in [0.4, 0.5) is 10.5 Å². The fourth-order valence-corrected chi connectivity index (χ4v) is 2.00. The van der Waals surface area contributed by atoms with E-state index in [9.17, 15) is 9.59 Å². The molecule has 0 saturated heterocycles. The second kappa shape index (κ2) is 8.52. The molecule has 2 amide bonds. The zero-order valence-corrected chi connectivity index (χ0v) is 13.5. The molecule has 2 rings (SSSR count). The van der Waals surface area contributed by atoms with Crippen LogP contribution in [-0.4, -0.2) is 30.7 Å². The van der Waals surface area contributed by atoms with E-state index in [0.29, 0.717) is 29.3 Å². The number of pyridine rings is 1. The average Bonchev–Trinajstić information content (AvgIpc) is 2.61. The van der Waals surface area contributed by atoms with Crippen LogP contribution in [0.2, 0.25) is 0 Å². The molecule has 0 unspecified atom stereocenters. The first-order valence-electron chi connectivity index (χ1n) is 7.44. The number of amides is 2. The van der Waals surface area contributed by atoms with Crippen LogP contribution in [0.3, 0.4) is 0 Å². The zero-order chi connectivity index (χ0) is 17.4. The van der Waals surface area contributed by atoms with Crippen LogP contribution in [0.1, 0.15) is 23.0 Å². The van der Waals surface area contributed by atoms with Gasteiger partial charge in [-0.3, -0.25) is 9.78 Å². The van der Waals surface area contributed by atoms with Crippen molar-refractivity contribution in [2.45, 2.75) is 13.5 Å². The van der Waals surface area contributed by atoms with Gasteiger partial charge < -0.3 is 20.1 Å². The average molecular weight is 329 g/mol. The number of anilines is 1. The van der Waals surface area contributed by atoms with E-state index < -0.39 is 6.09 Å². The van der Waals surface area contributed by atoms with Gasteiger partial charge in [-0.05, 0) is 31.2 Å². The van der Waals surface area contributed by atoms with Gasteiger partial charge in [-0.15, -0.1) is 0 Å². The smallest absolute Gasteiger partial charge is 0.407 e. The molecular weight excluding hydrogens is 310 g/mol. The molecule has 1 heterocycles. The van der Waals surface area contributed by atoms with E-state index >= 15 is 0 Å². The Balaban J connectivity index is 2.04. The molecule has 0 atom stereocenters. The molecular formula is C17H19N3O4. The number of aromatic nitrogens is 1. The van der Waals surface area contributed by atoms with Gasteiger partial charge in [0.15, 0.2) is 0 Å². The number of methoxy groups -OCH3 is 1. The lowest BCUT2D eigenvalue weighted by molar-refractivity contribution is 0.102. The first-order chi connectivity index (χ1) is 11.6. The van der Waals surface area contributed by atoms with Gasteiger partial charge in [-0.2, -0.15) is 0 Å². The molecule has 0 bridgehead atoms. The Bertz CT molecular complexity index is 718. The number of para-hydroxylation sites is 2. The number of benzene rings is 1. The molecule has 0 aliphatic carbocycles. The van der Waals surface area contributed by atoms with Gasteiger partial charge in [0.05, 0.1) is 31.6 Å². The van der Waals surface area contributed by atoms with E-state index in [1.807, 2.05) is 6.07 Å². The third-order valence-corrected chi connectivity index (χ3v) is 3.12. The minimum atomic E-state index is -0.525. The van der Waals surface area contributed by atoms with Crippen LogP contribution in [-0.2, 0) is 11.3 Å². The van der Waals surface area contributed by atoms with E-state index in [0.717, 1.165) is 0 Å². The summed E-state index contributed by atoms with van der Waals surface area (Å²) in [5.74, 6) is 0.281. The topological polar surface area (TPSA) is 89.5 Å². The maximum Gasteiger partial charge on any atom is 0.407 e. The van der Waals surface area contributed by atoms with Crippen molar-refractivity contribution >= 4 is 17.7 Å². The number of alkyl carbamates (subject to hydrolysis) is 1. The lowest BCUT2D eigenvalue weighted by atomic mass is 10.2. The standard InChI is InChI=1S/C17H19N3O4/c1-3-24-17(22)19-11-13-10-12(8-9-18-13)16(21)20-14-6-4-5-7-15(14)23-2/h4-10H,3,11H2,1-2H3,(H,19,22)(H,20,21). The molecule has 126 valence electrons. The maximum atomic E-state index is 12.4. The lowest BCUT2D eigenvalue weighted by Crippen LogP contribution is -2.24. The minimum absolute atomic E-state index is 0.175. The molecule has 0 radical (unpaired) electrons. The van der Waals surface area contributed by atoms with Crippen molar-refractivity contribution in [3.63, 3.8) is 0 Å². The zero-order valence-electron chi connectivity index (χ0n) is 13.5. The van der Waals surface area contributed by atoms with Crippen LogP contribution in [0.15, 0.2) is 42.6 Å². The minimum Gasteiger partial charge on any atom is -0.495 e. The van der Waals surface area contributed by atoms with Gasteiger partial charge >= 0.3 is 6.09 Å². The molecule has 0 aliphatic heterocycles. The molecule has 24 heavy (non-hydrogen) atoms. The molecule has 0 spiro atoms. The maximum absolute atomic E-state index is 12.4. The molecule has 0 saturated carbocycles. The number of hydrogen-bond donors (Lipinski definition) is 2. The van der Waals surface area contributed by atoms with Crippen molar-refractivity contribution in [2.24, 2.45) is 0 Å². The summed E-state index contributed by atoms with van der Waals surface area (Å²) in [6.07, 6.45) is 0.988. The Morgan fingerprint density at radius 1 is 1.21 bits per heavy atom. The van der Waals surface area contributed by atoms with Crippen LogP contribution in [0.5, 0.6) is 5.75 Å². The van der Waals surface area contributed by atoms with Gasteiger partial charge in [0.25, 0.3) is 5.91 Å². The first-order valence-corrected chi connectivity index (χ1v) is 7.44. The van der Waals surface area contributed by atoms with Gasteiger partial charge in [-0.25, -0.2) is 4.79 Å².